The first-order chi connectivity index (χ1) is 16.0. The van der Waals surface area contributed by atoms with E-state index in [2.05, 4.69) is 16.0 Å². The second-order valence-electron chi connectivity index (χ2n) is 8.62. The van der Waals surface area contributed by atoms with E-state index in [0.717, 1.165) is 5.56 Å². The second-order valence-corrected chi connectivity index (χ2v) is 8.62. The van der Waals surface area contributed by atoms with Crippen molar-refractivity contribution in [3.63, 3.8) is 0 Å². The van der Waals surface area contributed by atoms with Gasteiger partial charge in [0.1, 0.15) is 23.9 Å². The van der Waals surface area contributed by atoms with Crippen molar-refractivity contribution in [1.82, 2.24) is 16.0 Å². The Labute approximate surface area is 199 Å². The number of phenols is 1. The Morgan fingerprint density at radius 1 is 0.912 bits per heavy atom. The number of carboxylic acid groups (broad SMARTS) is 1. The average Bonchev–Trinajstić information content (AvgIpc) is 2.77. The molecule has 0 saturated carbocycles. The highest BCUT2D eigenvalue weighted by Gasteiger charge is 2.29. The van der Waals surface area contributed by atoms with E-state index in [1.165, 1.54) is 19.1 Å². The Balaban J connectivity index is 2.79. The van der Waals surface area contributed by atoms with Gasteiger partial charge in [-0.1, -0.05) is 26.0 Å². The fourth-order valence-electron chi connectivity index (χ4n) is 3.19. The summed E-state index contributed by atoms with van der Waals surface area (Å²) in [5.74, 6) is -3.19. The number of nitrogens with two attached hydrogens (primary N) is 2. The second kappa shape index (κ2) is 14.2. The number of carbonyl (C=O) groups excluding carboxylic acids is 3. The molecule has 3 amide bonds. The van der Waals surface area contributed by atoms with Crippen LogP contribution in [0.5, 0.6) is 5.75 Å². The average molecular weight is 480 g/mol. The van der Waals surface area contributed by atoms with E-state index in [1.54, 1.807) is 26.0 Å². The van der Waals surface area contributed by atoms with Crippen LogP contribution in [0.2, 0.25) is 0 Å². The number of benzene rings is 1. The van der Waals surface area contributed by atoms with E-state index in [-0.39, 0.29) is 18.1 Å². The molecule has 0 radical (unpaired) electrons. The number of carboxylic acids is 1. The molecule has 0 spiro atoms. The van der Waals surface area contributed by atoms with E-state index in [1.807, 2.05) is 0 Å². The predicted molar refractivity (Wildman–Crippen MR) is 127 cm³/mol. The van der Waals surface area contributed by atoms with Gasteiger partial charge in [0.25, 0.3) is 0 Å². The van der Waals surface area contributed by atoms with Gasteiger partial charge < -0.3 is 37.6 Å². The van der Waals surface area contributed by atoms with Crippen LogP contribution in [0.25, 0.3) is 0 Å². The molecule has 0 aromatic heterocycles. The Morgan fingerprint density at radius 2 is 1.53 bits per heavy atom. The van der Waals surface area contributed by atoms with Gasteiger partial charge in [0.2, 0.25) is 17.7 Å². The van der Waals surface area contributed by atoms with Crippen LogP contribution < -0.4 is 27.4 Å². The lowest BCUT2D eigenvalue weighted by molar-refractivity contribution is -0.143. The Morgan fingerprint density at radius 3 is 2.06 bits per heavy atom. The summed E-state index contributed by atoms with van der Waals surface area (Å²) in [7, 11) is 0. The third-order valence-electron chi connectivity index (χ3n) is 5.29. The molecular formula is C23H37N5O6. The van der Waals surface area contributed by atoms with Gasteiger partial charge in [0.15, 0.2) is 0 Å². The molecule has 1 rings (SSSR count). The fourth-order valence-corrected chi connectivity index (χ4v) is 3.19. The summed E-state index contributed by atoms with van der Waals surface area (Å²) in [5, 5.41) is 26.2. The molecule has 0 aliphatic heterocycles. The first kappa shape index (κ1) is 28.9. The highest BCUT2D eigenvalue weighted by molar-refractivity contribution is 5.94. The molecule has 0 fully saturated rings. The topological polar surface area (TPSA) is 197 Å². The number of carbonyl (C=O) groups is 4. The lowest BCUT2D eigenvalue weighted by atomic mass is 10.0. The third-order valence-corrected chi connectivity index (χ3v) is 5.29. The molecule has 1 aromatic rings. The van der Waals surface area contributed by atoms with Crippen molar-refractivity contribution < 1.29 is 29.4 Å². The minimum atomic E-state index is -1.17. The highest BCUT2D eigenvalue weighted by Crippen LogP contribution is 2.11. The summed E-state index contributed by atoms with van der Waals surface area (Å²) in [5.41, 5.74) is 12.3. The zero-order valence-corrected chi connectivity index (χ0v) is 19.9. The number of aromatic hydroxyl groups is 1. The fraction of sp³-hybridized carbons (Fsp3) is 0.565. The first-order valence-electron chi connectivity index (χ1n) is 11.3. The monoisotopic (exact) mass is 479 g/mol. The number of unbranched alkanes of at least 4 members (excludes halogenated alkanes) is 1. The van der Waals surface area contributed by atoms with E-state index in [0.29, 0.717) is 25.8 Å². The smallest absolute Gasteiger partial charge is 0.326 e. The summed E-state index contributed by atoms with van der Waals surface area (Å²) in [4.78, 5) is 49.2. The number of hydrogen-bond acceptors (Lipinski definition) is 7. The number of hydrogen-bond donors (Lipinski definition) is 7. The lowest BCUT2D eigenvalue weighted by Crippen LogP contribution is -2.57. The first-order valence-corrected chi connectivity index (χ1v) is 11.3. The summed E-state index contributed by atoms with van der Waals surface area (Å²) in [6.45, 7) is 5.18. The van der Waals surface area contributed by atoms with E-state index in [9.17, 15) is 29.4 Å². The van der Waals surface area contributed by atoms with E-state index >= 15 is 0 Å². The molecule has 34 heavy (non-hydrogen) atoms. The molecule has 4 atom stereocenters. The van der Waals surface area contributed by atoms with Crippen LogP contribution in [-0.4, -0.2) is 64.6 Å². The SMILES string of the molecule is CC(NC(=O)C(CCCCN)NC(=O)C(N)Cc1ccc(O)cc1)C(=O)NC(C(=O)O)C(C)C. The summed E-state index contributed by atoms with van der Waals surface area (Å²) < 4.78 is 0. The maximum Gasteiger partial charge on any atom is 0.326 e. The van der Waals surface area contributed by atoms with Crippen molar-refractivity contribution >= 4 is 23.7 Å². The number of amides is 3. The molecule has 0 aliphatic carbocycles. The van der Waals surface area contributed by atoms with Crippen LogP contribution in [0.4, 0.5) is 0 Å². The number of nitrogens with one attached hydrogen (secondary N) is 3. The van der Waals surface area contributed by atoms with Gasteiger partial charge in [0, 0.05) is 0 Å². The molecule has 0 bridgehead atoms. The van der Waals surface area contributed by atoms with Crippen LogP contribution in [0.15, 0.2) is 24.3 Å². The molecule has 0 aliphatic rings. The van der Waals surface area contributed by atoms with Gasteiger partial charge >= 0.3 is 5.97 Å². The molecule has 4 unspecified atom stereocenters. The van der Waals surface area contributed by atoms with Gasteiger partial charge in [-0.3, -0.25) is 14.4 Å². The van der Waals surface area contributed by atoms with E-state index < -0.39 is 47.9 Å². The molecular weight excluding hydrogens is 442 g/mol. The quantitative estimate of drug-likeness (QED) is 0.175. The maximum absolute atomic E-state index is 12.8. The Kier molecular flexibility index (Phi) is 12.0. The Bertz CT molecular complexity index is 830. The van der Waals surface area contributed by atoms with Crippen LogP contribution in [0.3, 0.4) is 0 Å². The van der Waals surface area contributed by atoms with Crippen LogP contribution in [0.1, 0.15) is 45.6 Å². The molecule has 1 aromatic carbocycles. The Hall–Kier alpha value is -3.18. The van der Waals surface area contributed by atoms with Crippen molar-refractivity contribution in [3.8, 4) is 5.75 Å². The lowest BCUT2D eigenvalue weighted by Gasteiger charge is -2.24. The standard InChI is InChI=1S/C23H37N5O6/c1-13(2)19(23(33)34)28-20(30)14(3)26-22(32)18(6-4-5-11-24)27-21(31)17(25)12-15-7-9-16(29)10-8-15/h7-10,13-14,17-19,29H,4-6,11-12,24-25H2,1-3H3,(H,26,32)(H,27,31)(H,28,30)(H,33,34). The van der Waals surface area contributed by atoms with Crippen molar-refractivity contribution in [2.75, 3.05) is 6.54 Å². The molecule has 0 heterocycles. The van der Waals surface area contributed by atoms with Crippen molar-refractivity contribution in [2.45, 2.75) is 70.6 Å². The van der Waals surface area contributed by atoms with Crippen molar-refractivity contribution in [2.24, 2.45) is 17.4 Å². The van der Waals surface area contributed by atoms with Gasteiger partial charge in [-0.25, -0.2) is 4.79 Å². The highest BCUT2D eigenvalue weighted by atomic mass is 16.4. The zero-order valence-electron chi connectivity index (χ0n) is 19.9. The van der Waals surface area contributed by atoms with Crippen LogP contribution in [-0.2, 0) is 25.6 Å². The van der Waals surface area contributed by atoms with Crippen LogP contribution >= 0.6 is 0 Å². The normalized spacial score (nSPS) is 14.5. The predicted octanol–water partition coefficient (Wildman–Crippen LogP) is -0.394. The summed E-state index contributed by atoms with van der Waals surface area (Å²) in [6.07, 6.45) is 1.70. The van der Waals surface area contributed by atoms with Gasteiger partial charge in [0.05, 0.1) is 6.04 Å². The van der Waals surface area contributed by atoms with Gasteiger partial charge in [-0.15, -0.1) is 0 Å². The number of rotatable bonds is 14. The van der Waals surface area contributed by atoms with Crippen LogP contribution in [0, 0.1) is 5.92 Å². The van der Waals surface area contributed by atoms with E-state index in [4.69, 9.17) is 11.5 Å². The molecule has 9 N–H and O–H groups in total. The molecule has 0 saturated heterocycles. The number of aliphatic carboxylic acids is 1. The molecule has 190 valence electrons. The minimum Gasteiger partial charge on any atom is -0.508 e. The third kappa shape index (κ3) is 9.75. The molecule has 11 nitrogen and oxygen atoms in total. The summed E-state index contributed by atoms with van der Waals surface area (Å²) >= 11 is 0. The largest absolute Gasteiger partial charge is 0.508 e. The summed E-state index contributed by atoms with van der Waals surface area (Å²) in [6, 6.07) is 2.29. The maximum atomic E-state index is 12.8. The minimum absolute atomic E-state index is 0.0969. The van der Waals surface area contributed by atoms with Crippen molar-refractivity contribution in [3.05, 3.63) is 29.8 Å². The van der Waals surface area contributed by atoms with Gasteiger partial charge in [-0.2, -0.15) is 0 Å². The number of phenolic OH excluding ortho intramolecular Hbond substituents is 1. The molecule has 11 heteroatoms. The van der Waals surface area contributed by atoms with Gasteiger partial charge in [-0.05, 0) is 62.8 Å². The van der Waals surface area contributed by atoms with Crippen molar-refractivity contribution in [1.29, 1.82) is 0 Å². The zero-order chi connectivity index (χ0) is 25.8.